The lowest BCUT2D eigenvalue weighted by Crippen LogP contribution is -2.13. The van der Waals surface area contributed by atoms with Crippen LogP contribution in [0.25, 0.3) is 0 Å². The number of benzene rings is 1. The first-order chi connectivity index (χ1) is 9.56. The van der Waals surface area contributed by atoms with E-state index < -0.39 is 0 Å². The lowest BCUT2D eigenvalue weighted by Gasteiger charge is -2.12. The van der Waals surface area contributed by atoms with E-state index >= 15 is 0 Å². The molecule has 0 aliphatic heterocycles. The first-order valence-corrected chi connectivity index (χ1v) is 6.60. The molecule has 2 N–H and O–H groups in total. The molecule has 0 saturated carbocycles. The minimum atomic E-state index is 0.293. The number of methoxy groups -OCH3 is 1. The summed E-state index contributed by atoms with van der Waals surface area (Å²) in [5.74, 6) is 2.20. The van der Waals surface area contributed by atoms with Crippen LogP contribution in [-0.4, -0.2) is 23.1 Å². The van der Waals surface area contributed by atoms with Gasteiger partial charge in [-0.25, -0.2) is 4.98 Å². The number of hydrogen-bond donors (Lipinski definition) is 2. The van der Waals surface area contributed by atoms with Crippen LogP contribution in [0, 0.1) is 6.92 Å². The van der Waals surface area contributed by atoms with Gasteiger partial charge in [0.25, 0.3) is 0 Å². The molecule has 1 heterocycles. The second-order valence-corrected chi connectivity index (χ2v) is 4.87. The van der Waals surface area contributed by atoms with Gasteiger partial charge in [-0.3, -0.25) is 0 Å². The summed E-state index contributed by atoms with van der Waals surface area (Å²) in [4.78, 5) is 8.81. The van der Waals surface area contributed by atoms with E-state index in [4.69, 9.17) is 4.74 Å². The minimum Gasteiger partial charge on any atom is -0.497 e. The molecule has 0 radical (unpaired) electrons. The van der Waals surface area contributed by atoms with E-state index in [2.05, 4.69) is 34.4 Å². The van der Waals surface area contributed by atoms with Gasteiger partial charge < -0.3 is 15.4 Å². The summed E-state index contributed by atoms with van der Waals surface area (Å²) in [5.41, 5.74) is 1.84. The number of rotatable bonds is 5. The van der Waals surface area contributed by atoms with Crippen molar-refractivity contribution in [1.29, 1.82) is 0 Å². The number of nitrogens with one attached hydrogen (secondary N) is 2. The van der Waals surface area contributed by atoms with Crippen molar-refractivity contribution in [3.05, 3.63) is 36.0 Å². The van der Waals surface area contributed by atoms with Crippen LogP contribution in [0.5, 0.6) is 5.75 Å². The second-order valence-electron chi connectivity index (χ2n) is 4.87. The predicted octanol–water partition coefficient (Wildman–Crippen LogP) is 3.36. The van der Waals surface area contributed by atoms with Crippen molar-refractivity contribution in [2.24, 2.45) is 0 Å². The molecule has 1 aromatic carbocycles. The van der Waals surface area contributed by atoms with Crippen molar-refractivity contribution in [3.63, 3.8) is 0 Å². The Bertz CT molecular complexity index is 584. The molecule has 0 atom stereocenters. The summed E-state index contributed by atoms with van der Waals surface area (Å²) >= 11 is 0. The third-order valence-corrected chi connectivity index (χ3v) is 2.61. The molecule has 2 aromatic rings. The van der Waals surface area contributed by atoms with Crippen LogP contribution in [0.3, 0.4) is 0 Å². The Morgan fingerprint density at radius 1 is 1.15 bits per heavy atom. The molecule has 5 heteroatoms. The third-order valence-electron chi connectivity index (χ3n) is 2.61. The topological polar surface area (TPSA) is 59.1 Å². The van der Waals surface area contributed by atoms with Gasteiger partial charge in [-0.1, -0.05) is 6.07 Å². The minimum absolute atomic E-state index is 0.293. The van der Waals surface area contributed by atoms with Gasteiger partial charge in [-0.05, 0) is 32.9 Å². The summed E-state index contributed by atoms with van der Waals surface area (Å²) < 4.78 is 5.21. The zero-order valence-electron chi connectivity index (χ0n) is 12.3. The van der Waals surface area contributed by atoms with E-state index in [9.17, 15) is 0 Å². The SMILES string of the molecule is COc1cccc(Nc2cc(C)nc(NC(C)C)n2)c1. The van der Waals surface area contributed by atoms with Crippen molar-refractivity contribution >= 4 is 17.5 Å². The molecule has 0 aliphatic rings. The molecule has 0 amide bonds. The fourth-order valence-electron chi connectivity index (χ4n) is 1.80. The van der Waals surface area contributed by atoms with Crippen LogP contribution in [0.15, 0.2) is 30.3 Å². The lowest BCUT2D eigenvalue weighted by molar-refractivity contribution is 0.415. The van der Waals surface area contributed by atoms with Crippen LogP contribution in [0.4, 0.5) is 17.5 Å². The van der Waals surface area contributed by atoms with Crippen molar-refractivity contribution < 1.29 is 4.74 Å². The Morgan fingerprint density at radius 2 is 1.95 bits per heavy atom. The number of anilines is 3. The van der Waals surface area contributed by atoms with E-state index in [-0.39, 0.29) is 0 Å². The average Bonchev–Trinajstić information content (AvgIpc) is 2.37. The Labute approximate surface area is 119 Å². The van der Waals surface area contributed by atoms with Crippen molar-refractivity contribution in [1.82, 2.24) is 9.97 Å². The Balaban J connectivity index is 2.21. The maximum atomic E-state index is 5.21. The predicted molar refractivity (Wildman–Crippen MR) is 81.8 cm³/mol. The van der Waals surface area contributed by atoms with Crippen LogP contribution in [0.2, 0.25) is 0 Å². The molecule has 1 aromatic heterocycles. The molecule has 0 saturated heterocycles. The smallest absolute Gasteiger partial charge is 0.225 e. The van der Waals surface area contributed by atoms with Gasteiger partial charge in [0.2, 0.25) is 5.95 Å². The highest BCUT2D eigenvalue weighted by Crippen LogP contribution is 2.21. The molecule has 0 unspecified atom stereocenters. The normalized spacial score (nSPS) is 10.4. The van der Waals surface area contributed by atoms with Crippen LogP contribution in [-0.2, 0) is 0 Å². The van der Waals surface area contributed by atoms with E-state index in [0.717, 1.165) is 22.9 Å². The van der Waals surface area contributed by atoms with Crippen molar-refractivity contribution in [3.8, 4) is 5.75 Å². The molecule has 0 aliphatic carbocycles. The van der Waals surface area contributed by atoms with E-state index in [1.807, 2.05) is 37.3 Å². The molecule has 0 spiro atoms. The first-order valence-electron chi connectivity index (χ1n) is 6.60. The molecule has 2 rings (SSSR count). The third kappa shape index (κ3) is 3.85. The number of aromatic nitrogens is 2. The zero-order chi connectivity index (χ0) is 14.5. The first kappa shape index (κ1) is 14.1. The Hall–Kier alpha value is -2.30. The highest BCUT2D eigenvalue weighted by atomic mass is 16.5. The molecule has 0 bridgehead atoms. The fraction of sp³-hybridized carbons (Fsp3) is 0.333. The summed E-state index contributed by atoms with van der Waals surface area (Å²) in [7, 11) is 1.65. The van der Waals surface area contributed by atoms with Crippen LogP contribution < -0.4 is 15.4 Å². The molecule has 0 fully saturated rings. The van der Waals surface area contributed by atoms with Gasteiger partial charge in [0, 0.05) is 29.6 Å². The zero-order valence-corrected chi connectivity index (χ0v) is 12.3. The van der Waals surface area contributed by atoms with Crippen molar-refractivity contribution in [2.75, 3.05) is 17.7 Å². The van der Waals surface area contributed by atoms with E-state index in [0.29, 0.717) is 12.0 Å². The Kier molecular flexibility index (Phi) is 4.40. The summed E-state index contributed by atoms with van der Waals surface area (Å²) in [6, 6.07) is 9.93. The highest BCUT2D eigenvalue weighted by Gasteiger charge is 2.04. The maximum absolute atomic E-state index is 5.21. The summed E-state index contributed by atoms with van der Waals surface area (Å²) in [6.07, 6.45) is 0. The molecular weight excluding hydrogens is 252 g/mol. The molecule has 20 heavy (non-hydrogen) atoms. The largest absolute Gasteiger partial charge is 0.497 e. The number of aryl methyl sites for hydroxylation is 1. The standard InChI is InChI=1S/C15H20N4O/c1-10(2)16-15-17-11(3)8-14(19-15)18-12-6-5-7-13(9-12)20-4/h5-10H,1-4H3,(H2,16,17,18,19). The average molecular weight is 272 g/mol. The maximum Gasteiger partial charge on any atom is 0.225 e. The second kappa shape index (κ2) is 6.23. The molecule has 106 valence electrons. The van der Waals surface area contributed by atoms with Gasteiger partial charge in [-0.15, -0.1) is 0 Å². The highest BCUT2D eigenvalue weighted by molar-refractivity contribution is 5.59. The van der Waals surface area contributed by atoms with E-state index in [1.54, 1.807) is 7.11 Å². The van der Waals surface area contributed by atoms with E-state index in [1.165, 1.54) is 0 Å². The van der Waals surface area contributed by atoms with Gasteiger partial charge >= 0.3 is 0 Å². The van der Waals surface area contributed by atoms with Gasteiger partial charge in [-0.2, -0.15) is 4.98 Å². The summed E-state index contributed by atoms with van der Waals surface area (Å²) in [5, 5.41) is 6.47. The van der Waals surface area contributed by atoms with Crippen LogP contribution >= 0.6 is 0 Å². The van der Waals surface area contributed by atoms with Gasteiger partial charge in [0.15, 0.2) is 0 Å². The molecular formula is C15H20N4O. The quantitative estimate of drug-likeness (QED) is 0.874. The van der Waals surface area contributed by atoms with Gasteiger partial charge in [0.05, 0.1) is 7.11 Å². The van der Waals surface area contributed by atoms with Crippen LogP contribution in [0.1, 0.15) is 19.5 Å². The lowest BCUT2D eigenvalue weighted by atomic mass is 10.3. The van der Waals surface area contributed by atoms with Crippen molar-refractivity contribution in [2.45, 2.75) is 26.8 Å². The summed E-state index contributed by atoms with van der Waals surface area (Å²) in [6.45, 7) is 6.06. The Morgan fingerprint density at radius 3 is 2.65 bits per heavy atom. The number of hydrogen-bond acceptors (Lipinski definition) is 5. The monoisotopic (exact) mass is 272 g/mol. The molecule has 5 nitrogen and oxygen atoms in total. The number of ether oxygens (including phenoxy) is 1. The number of nitrogens with zero attached hydrogens (tertiary/aromatic N) is 2. The van der Waals surface area contributed by atoms with Gasteiger partial charge in [0.1, 0.15) is 11.6 Å². The fourth-order valence-corrected chi connectivity index (χ4v) is 1.80.